The molecule has 1 heterocycles. The van der Waals surface area contributed by atoms with Crippen molar-refractivity contribution in [2.75, 3.05) is 12.3 Å². The van der Waals surface area contributed by atoms with Crippen LogP contribution in [0.15, 0.2) is 34.0 Å². The summed E-state index contributed by atoms with van der Waals surface area (Å²) in [6, 6.07) is 3.20. The van der Waals surface area contributed by atoms with Crippen LogP contribution in [-0.4, -0.2) is 30.0 Å². The van der Waals surface area contributed by atoms with Crippen molar-refractivity contribution in [1.82, 2.24) is 14.9 Å². The van der Waals surface area contributed by atoms with Gasteiger partial charge in [0.1, 0.15) is 5.69 Å². The first-order chi connectivity index (χ1) is 9.90. The molecular weight excluding hydrogens is 302 g/mol. The van der Waals surface area contributed by atoms with Gasteiger partial charge in [0.25, 0.3) is 5.69 Å². The zero-order valence-corrected chi connectivity index (χ0v) is 11.4. The van der Waals surface area contributed by atoms with Crippen molar-refractivity contribution in [2.45, 2.75) is 11.3 Å². The predicted molar refractivity (Wildman–Crippen MR) is 70.7 cm³/mol. The summed E-state index contributed by atoms with van der Waals surface area (Å²) >= 11 is 0. The van der Waals surface area contributed by atoms with Gasteiger partial charge in [0.05, 0.1) is 9.82 Å². The minimum absolute atomic E-state index is 0.0543. The van der Waals surface area contributed by atoms with Gasteiger partial charge in [-0.1, -0.05) is 5.16 Å². The standard InChI is InChI=1S/C10H11N5O5S/c11-8-5-7(1-2-9(8)15(16)17)21(18,19)13-4-3-10-12-6-20-14-10/h1-2,5-6,13H,3-4,11H2. The maximum Gasteiger partial charge on any atom is 0.292 e. The Morgan fingerprint density at radius 2 is 2.19 bits per heavy atom. The van der Waals surface area contributed by atoms with E-state index < -0.39 is 14.9 Å². The quantitative estimate of drug-likeness (QED) is 0.431. The van der Waals surface area contributed by atoms with Crippen molar-refractivity contribution in [2.24, 2.45) is 0 Å². The van der Waals surface area contributed by atoms with Crippen molar-refractivity contribution >= 4 is 21.4 Å². The maximum atomic E-state index is 12.0. The molecule has 2 aromatic rings. The van der Waals surface area contributed by atoms with E-state index in [1.54, 1.807) is 0 Å². The molecule has 21 heavy (non-hydrogen) atoms. The number of nitro groups is 1. The van der Waals surface area contributed by atoms with Gasteiger partial charge in [-0.25, -0.2) is 13.1 Å². The fourth-order valence-corrected chi connectivity index (χ4v) is 2.62. The lowest BCUT2D eigenvalue weighted by Crippen LogP contribution is -2.26. The SMILES string of the molecule is Nc1cc(S(=O)(=O)NCCc2ncon2)ccc1[N+](=O)[O-]. The van der Waals surface area contributed by atoms with Gasteiger partial charge in [-0.15, -0.1) is 0 Å². The van der Waals surface area contributed by atoms with Crippen LogP contribution >= 0.6 is 0 Å². The number of nitrogens with two attached hydrogens (primary N) is 1. The minimum Gasteiger partial charge on any atom is -0.393 e. The van der Waals surface area contributed by atoms with Crippen molar-refractivity contribution in [1.29, 1.82) is 0 Å². The van der Waals surface area contributed by atoms with Crippen LogP contribution in [0.1, 0.15) is 5.82 Å². The molecule has 0 amide bonds. The number of nitrogens with one attached hydrogen (secondary N) is 1. The molecule has 2 rings (SSSR count). The summed E-state index contributed by atoms with van der Waals surface area (Å²) < 4.78 is 30.8. The maximum absolute atomic E-state index is 12.0. The van der Waals surface area contributed by atoms with Crippen LogP contribution < -0.4 is 10.5 Å². The summed E-state index contributed by atoms with van der Waals surface area (Å²) in [5.41, 5.74) is 4.89. The molecule has 0 atom stereocenters. The molecule has 0 radical (unpaired) electrons. The first-order valence-electron chi connectivity index (χ1n) is 5.69. The smallest absolute Gasteiger partial charge is 0.292 e. The molecule has 0 aliphatic heterocycles. The second-order valence-electron chi connectivity index (χ2n) is 3.97. The van der Waals surface area contributed by atoms with E-state index in [1.807, 2.05) is 0 Å². The predicted octanol–water partition coefficient (Wildman–Crippen LogP) is 0.0810. The molecule has 1 aromatic heterocycles. The summed E-state index contributed by atoms with van der Waals surface area (Å²) in [4.78, 5) is 13.5. The summed E-state index contributed by atoms with van der Waals surface area (Å²) in [5.74, 6) is 0.362. The molecule has 0 fully saturated rings. The average molecular weight is 313 g/mol. The Labute approximate surface area is 119 Å². The van der Waals surface area contributed by atoms with Crippen LogP contribution in [0, 0.1) is 10.1 Å². The number of rotatable bonds is 6. The van der Waals surface area contributed by atoms with Gasteiger partial charge in [-0.3, -0.25) is 10.1 Å². The van der Waals surface area contributed by atoms with Crippen molar-refractivity contribution < 1.29 is 17.9 Å². The monoisotopic (exact) mass is 313 g/mol. The fourth-order valence-electron chi connectivity index (χ4n) is 1.55. The third-order valence-corrected chi connectivity index (χ3v) is 4.01. The molecule has 0 spiro atoms. The molecular formula is C10H11N5O5S. The second kappa shape index (κ2) is 5.85. The Kier molecular flexibility index (Phi) is 4.14. The Bertz CT molecular complexity index is 743. The van der Waals surface area contributed by atoms with Gasteiger partial charge >= 0.3 is 0 Å². The molecule has 0 bridgehead atoms. The van der Waals surface area contributed by atoms with Crippen LogP contribution in [0.3, 0.4) is 0 Å². The topological polar surface area (TPSA) is 154 Å². The number of nitrogen functional groups attached to an aromatic ring is 1. The van der Waals surface area contributed by atoms with E-state index in [2.05, 4.69) is 19.4 Å². The third-order valence-electron chi connectivity index (χ3n) is 2.55. The lowest BCUT2D eigenvalue weighted by molar-refractivity contribution is -0.383. The lowest BCUT2D eigenvalue weighted by atomic mass is 10.3. The van der Waals surface area contributed by atoms with Crippen molar-refractivity contribution in [3.8, 4) is 0 Å². The molecule has 0 aliphatic rings. The van der Waals surface area contributed by atoms with E-state index in [4.69, 9.17) is 5.73 Å². The summed E-state index contributed by atoms with van der Waals surface area (Å²) in [6.07, 6.45) is 1.39. The lowest BCUT2D eigenvalue weighted by Gasteiger charge is -2.06. The fraction of sp³-hybridized carbons (Fsp3) is 0.200. The number of hydrogen-bond donors (Lipinski definition) is 2. The first kappa shape index (κ1) is 14.9. The molecule has 3 N–H and O–H groups in total. The Morgan fingerprint density at radius 3 is 2.76 bits per heavy atom. The number of sulfonamides is 1. The number of nitro benzene ring substituents is 1. The normalized spacial score (nSPS) is 11.4. The Balaban J connectivity index is 2.08. The summed E-state index contributed by atoms with van der Waals surface area (Å²) in [7, 11) is -3.82. The highest BCUT2D eigenvalue weighted by Crippen LogP contribution is 2.24. The van der Waals surface area contributed by atoms with Gasteiger partial charge in [0.15, 0.2) is 5.82 Å². The van der Waals surface area contributed by atoms with Gasteiger partial charge in [0, 0.05) is 19.0 Å². The van der Waals surface area contributed by atoms with E-state index in [1.165, 1.54) is 0 Å². The Hall–Kier alpha value is -2.53. The molecule has 10 nitrogen and oxygen atoms in total. The van der Waals surface area contributed by atoms with Gasteiger partial charge in [0.2, 0.25) is 16.4 Å². The van der Waals surface area contributed by atoms with E-state index >= 15 is 0 Å². The first-order valence-corrected chi connectivity index (χ1v) is 7.17. The summed E-state index contributed by atoms with van der Waals surface area (Å²) in [5, 5.41) is 14.2. The molecule has 0 saturated carbocycles. The van der Waals surface area contributed by atoms with Crippen LogP contribution in [-0.2, 0) is 16.4 Å². The average Bonchev–Trinajstić information content (AvgIpc) is 2.91. The highest BCUT2D eigenvalue weighted by atomic mass is 32.2. The molecule has 0 unspecified atom stereocenters. The van der Waals surface area contributed by atoms with Gasteiger partial charge in [-0.2, -0.15) is 4.98 Å². The number of hydrogen-bond acceptors (Lipinski definition) is 8. The van der Waals surface area contributed by atoms with E-state index in [-0.39, 0.29) is 29.2 Å². The molecule has 1 aromatic carbocycles. The van der Waals surface area contributed by atoms with Crippen LogP contribution in [0.5, 0.6) is 0 Å². The molecule has 112 valence electrons. The molecule has 0 aliphatic carbocycles. The largest absolute Gasteiger partial charge is 0.393 e. The number of aromatic nitrogens is 2. The van der Waals surface area contributed by atoms with Crippen LogP contribution in [0.2, 0.25) is 0 Å². The minimum atomic E-state index is -3.82. The van der Waals surface area contributed by atoms with E-state index in [0.717, 1.165) is 24.6 Å². The van der Waals surface area contributed by atoms with Crippen LogP contribution in [0.25, 0.3) is 0 Å². The molecule has 11 heteroatoms. The number of anilines is 1. The molecule has 0 saturated heterocycles. The van der Waals surface area contributed by atoms with E-state index in [9.17, 15) is 18.5 Å². The number of benzene rings is 1. The highest BCUT2D eigenvalue weighted by molar-refractivity contribution is 7.89. The second-order valence-corrected chi connectivity index (χ2v) is 5.74. The highest BCUT2D eigenvalue weighted by Gasteiger charge is 2.18. The van der Waals surface area contributed by atoms with Crippen molar-refractivity contribution in [3.05, 3.63) is 40.5 Å². The van der Waals surface area contributed by atoms with Crippen molar-refractivity contribution in [3.63, 3.8) is 0 Å². The Morgan fingerprint density at radius 1 is 1.43 bits per heavy atom. The summed E-state index contributed by atoms with van der Waals surface area (Å²) in [6.45, 7) is 0.0543. The van der Waals surface area contributed by atoms with E-state index in [0.29, 0.717) is 5.82 Å². The zero-order chi connectivity index (χ0) is 15.5. The van der Waals surface area contributed by atoms with Gasteiger partial charge < -0.3 is 10.3 Å². The van der Waals surface area contributed by atoms with Crippen LogP contribution in [0.4, 0.5) is 11.4 Å². The van der Waals surface area contributed by atoms with Gasteiger partial charge in [-0.05, 0) is 12.1 Å². The third kappa shape index (κ3) is 3.52. The zero-order valence-electron chi connectivity index (χ0n) is 10.6. The number of nitrogens with zero attached hydrogens (tertiary/aromatic N) is 3.